The lowest BCUT2D eigenvalue weighted by atomic mass is 9.97. The van der Waals surface area contributed by atoms with Gasteiger partial charge in [0.05, 0.1) is 10.7 Å². The van der Waals surface area contributed by atoms with Gasteiger partial charge in [-0.2, -0.15) is 26.3 Å². The van der Waals surface area contributed by atoms with Gasteiger partial charge in [-0.05, 0) is 64.8 Å². The number of benzene rings is 1. The predicted molar refractivity (Wildman–Crippen MR) is 123 cm³/mol. The van der Waals surface area contributed by atoms with Crippen molar-refractivity contribution < 1.29 is 35.9 Å². The Balaban J connectivity index is 1.99. The van der Waals surface area contributed by atoms with E-state index in [0.717, 1.165) is 42.1 Å². The number of alkyl halides is 6. The Hall–Kier alpha value is -1.88. The number of halogens is 7. The molecule has 0 aromatic heterocycles. The maximum Gasteiger partial charge on any atom is 0.434 e. The second-order valence-corrected chi connectivity index (χ2v) is 9.73. The van der Waals surface area contributed by atoms with Crippen molar-refractivity contribution in [3.05, 3.63) is 28.8 Å². The Kier molecular flexibility index (Phi) is 9.60. The molecular formula is C23H32ClF6N3O2. The highest BCUT2D eigenvalue weighted by molar-refractivity contribution is 6.33. The van der Waals surface area contributed by atoms with Crippen molar-refractivity contribution >= 4 is 23.4 Å². The largest absolute Gasteiger partial charge is 0.434 e. The topological polar surface area (TPSA) is 36.0 Å². The van der Waals surface area contributed by atoms with Crippen molar-refractivity contribution in [2.75, 3.05) is 38.1 Å². The highest BCUT2D eigenvalue weighted by atomic mass is 35.5. The van der Waals surface area contributed by atoms with Crippen LogP contribution in [0.2, 0.25) is 5.02 Å². The Morgan fingerprint density at radius 3 is 2.17 bits per heavy atom. The number of anilines is 1. The summed E-state index contributed by atoms with van der Waals surface area (Å²) < 4.78 is 80.3. The summed E-state index contributed by atoms with van der Waals surface area (Å²) in [6, 6.07) is 5.86. The molecule has 12 heteroatoms. The average Bonchev–Trinajstić information content (AvgIpc) is 3.25. The second kappa shape index (κ2) is 11.5. The fraction of sp³-hybridized carbons (Fsp3) is 0.696. The smallest absolute Gasteiger partial charge is 0.426 e. The number of hydrogen-bond donors (Lipinski definition) is 0. The third-order valence-electron chi connectivity index (χ3n) is 6.36. The number of amides is 1. The summed E-state index contributed by atoms with van der Waals surface area (Å²) in [5, 5.41) is 0.652. The molecule has 0 aliphatic carbocycles. The second-order valence-electron chi connectivity index (χ2n) is 9.33. The Labute approximate surface area is 206 Å². The Bertz CT molecular complexity index is 843. The third-order valence-corrected chi connectivity index (χ3v) is 6.66. The lowest BCUT2D eigenvalue weighted by Gasteiger charge is -2.37. The van der Waals surface area contributed by atoms with Crippen LogP contribution < -0.4 is 4.90 Å². The van der Waals surface area contributed by atoms with Gasteiger partial charge in [0.2, 0.25) is 0 Å². The van der Waals surface area contributed by atoms with Gasteiger partial charge in [-0.1, -0.05) is 17.7 Å². The SMILES string of the molecule is CCN(CCC(C)(C)N(C)Cc1ccc(N2CCCC2)c(Cl)c1)C(=O)OC(C(F)(F)F)C(F)(F)F. The monoisotopic (exact) mass is 531 g/mol. The van der Waals surface area contributed by atoms with Crippen molar-refractivity contribution in [2.24, 2.45) is 0 Å². The number of carbonyl (C=O) groups excluding carboxylic acids is 1. The maximum atomic E-state index is 12.7. The van der Waals surface area contributed by atoms with Gasteiger partial charge in [0.15, 0.2) is 0 Å². The van der Waals surface area contributed by atoms with E-state index in [1.165, 1.54) is 6.92 Å². The normalized spacial score (nSPS) is 15.3. The quantitative estimate of drug-likeness (QED) is 0.341. The molecule has 0 unspecified atom stereocenters. The maximum absolute atomic E-state index is 12.7. The van der Waals surface area contributed by atoms with E-state index in [0.29, 0.717) is 11.6 Å². The van der Waals surface area contributed by atoms with E-state index < -0.39 is 30.1 Å². The van der Waals surface area contributed by atoms with E-state index in [2.05, 4.69) is 9.64 Å². The minimum Gasteiger partial charge on any atom is -0.426 e. The lowest BCUT2D eigenvalue weighted by molar-refractivity contribution is -0.308. The zero-order valence-corrected chi connectivity index (χ0v) is 21.0. The van der Waals surface area contributed by atoms with Crippen LogP contribution in [-0.2, 0) is 11.3 Å². The molecule has 0 atom stereocenters. The van der Waals surface area contributed by atoms with Gasteiger partial charge in [-0.15, -0.1) is 0 Å². The molecule has 0 saturated carbocycles. The van der Waals surface area contributed by atoms with Crippen molar-refractivity contribution in [1.82, 2.24) is 9.80 Å². The van der Waals surface area contributed by atoms with Crippen LogP contribution in [0.3, 0.4) is 0 Å². The van der Waals surface area contributed by atoms with E-state index in [9.17, 15) is 31.1 Å². The molecule has 0 bridgehead atoms. The van der Waals surface area contributed by atoms with E-state index in [1.807, 2.05) is 44.0 Å². The van der Waals surface area contributed by atoms with Crippen molar-refractivity contribution in [3.63, 3.8) is 0 Å². The number of nitrogens with zero attached hydrogens (tertiary/aromatic N) is 3. The molecule has 0 N–H and O–H groups in total. The molecule has 200 valence electrons. The molecule has 1 aliphatic heterocycles. The van der Waals surface area contributed by atoms with Crippen LogP contribution in [-0.4, -0.2) is 73.1 Å². The fourth-order valence-corrected chi connectivity index (χ4v) is 4.15. The number of hydrogen-bond acceptors (Lipinski definition) is 4. The summed E-state index contributed by atoms with van der Waals surface area (Å²) in [7, 11) is 1.85. The van der Waals surface area contributed by atoms with E-state index >= 15 is 0 Å². The molecule has 1 saturated heterocycles. The number of rotatable bonds is 9. The van der Waals surface area contributed by atoms with Gasteiger partial charge in [-0.3, -0.25) is 4.90 Å². The molecule has 1 amide bonds. The van der Waals surface area contributed by atoms with Crippen LogP contribution in [0.4, 0.5) is 36.8 Å². The van der Waals surface area contributed by atoms with Crippen LogP contribution in [0.5, 0.6) is 0 Å². The first kappa shape index (κ1) is 29.4. The first-order valence-corrected chi connectivity index (χ1v) is 11.8. The highest BCUT2D eigenvalue weighted by Gasteiger charge is 2.60. The average molecular weight is 532 g/mol. The first-order chi connectivity index (χ1) is 16.1. The Morgan fingerprint density at radius 2 is 1.69 bits per heavy atom. The standard InChI is InChI=1S/C23H32ClF6N3O2/c1-5-32(20(34)35-19(22(25,26)27)23(28,29)30)13-10-21(2,3)31(4)15-16-8-9-18(17(24)14-16)33-11-6-7-12-33/h8-9,14,19H,5-7,10-13,15H2,1-4H3. The molecule has 35 heavy (non-hydrogen) atoms. The van der Waals surface area contributed by atoms with Gasteiger partial charge >= 0.3 is 18.4 Å². The molecule has 5 nitrogen and oxygen atoms in total. The van der Waals surface area contributed by atoms with Gasteiger partial charge in [0.25, 0.3) is 6.10 Å². The molecule has 1 fully saturated rings. The Morgan fingerprint density at radius 1 is 1.11 bits per heavy atom. The summed E-state index contributed by atoms with van der Waals surface area (Å²) in [6.07, 6.45) is -14.8. The van der Waals surface area contributed by atoms with E-state index in [1.54, 1.807) is 0 Å². The van der Waals surface area contributed by atoms with Crippen molar-refractivity contribution in [1.29, 1.82) is 0 Å². The summed E-state index contributed by atoms with van der Waals surface area (Å²) in [5.74, 6) is 0. The summed E-state index contributed by atoms with van der Waals surface area (Å²) in [6.45, 7) is 7.47. The zero-order valence-electron chi connectivity index (χ0n) is 20.3. The van der Waals surface area contributed by atoms with Gasteiger partial charge in [-0.25, -0.2) is 4.79 Å². The number of ether oxygens (including phenoxy) is 1. The van der Waals surface area contributed by atoms with Crippen LogP contribution in [0.25, 0.3) is 0 Å². The molecule has 1 heterocycles. The summed E-state index contributed by atoms with van der Waals surface area (Å²) in [5.41, 5.74) is 1.41. The zero-order chi connectivity index (χ0) is 26.6. The minimum atomic E-state index is -5.75. The van der Waals surface area contributed by atoms with Crippen LogP contribution in [0, 0.1) is 0 Å². The van der Waals surface area contributed by atoms with Gasteiger partial charge in [0, 0.05) is 38.3 Å². The molecule has 1 aliphatic rings. The summed E-state index contributed by atoms with van der Waals surface area (Å²) >= 11 is 6.49. The summed E-state index contributed by atoms with van der Waals surface area (Å²) in [4.78, 5) is 17.2. The fourth-order valence-electron chi connectivity index (χ4n) is 3.82. The lowest BCUT2D eigenvalue weighted by Crippen LogP contribution is -2.49. The molecule has 1 aromatic carbocycles. The number of carbonyl (C=O) groups is 1. The van der Waals surface area contributed by atoms with Crippen molar-refractivity contribution in [3.8, 4) is 0 Å². The highest BCUT2D eigenvalue weighted by Crippen LogP contribution is 2.36. The molecule has 0 spiro atoms. The third kappa shape index (κ3) is 8.06. The molecular weight excluding hydrogens is 500 g/mol. The molecule has 0 radical (unpaired) electrons. The van der Waals surface area contributed by atoms with E-state index in [4.69, 9.17) is 11.6 Å². The minimum absolute atomic E-state index is 0.0796. The van der Waals surface area contributed by atoms with Crippen LogP contribution in [0.1, 0.15) is 45.6 Å². The van der Waals surface area contributed by atoms with E-state index in [-0.39, 0.29) is 19.5 Å². The van der Waals surface area contributed by atoms with Gasteiger partial charge < -0.3 is 14.5 Å². The first-order valence-electron chi connectivity index (χ1n) is 11.4. The molecule has 1 aromatic rings. The van der Waals surface area contributed by atoms with Crippen molar-refractivity contribution in [2.45, 2.75) is 70.6 Å². The van der Waals surface area contributed by atoms with Crippen LogP contribution >= 0.6 is 11.6 Å². The predicted octanol–water partition coefficient (Wildman–Crippen LogP) is 6.49. The van der Waals surface area contributed by atoms with Crippen LogP contribution in [0.15, 0.2) is 18.2 Å². The molecule has 2 rings (SSSR count). The van der Waals surface area contributed by atoms with Gasteiger partial charge in [0.1, 0.15) is 0 Å².